The van der Waals surface area contributed by atoms with Crippen LogP contribution in [0.4, 0.5) is 0 Å². The van der Waals surface area contributed by atoms with Gasteiger partial charge in [-0.05, 0) is 41.3 Å². The minimum atomic E-state index is -0.103. The molecule has 5 nitrogen and oxygen atoms in total. The van der Waals surface area contributed by atoms with Gasteiger partial charge in [-0.2, -0.15) is 0 Å². The first-order valence-electron chi connectivity index (χ1n) is 10.3. The van der Waals surface area contributed by atoms with Gasteiger partial charge in [-0.3, -0.25) is 9.69 Å². The summed E-state index contributed by atoms with van der Waals surface area (Å²) in [4.78, 5) is 14.5. The molecule has 1 aliphatic heterocycles. The summed E-state index contributed by atoms with van der Waals surface area (Å²) in [5, 5.41) is 2.93. The fourth-order valence-corrected chi connectivity index (χ4v) is 3.10. The van der Waals surface area contributed by atoms with Crippen LogP contribution in [-0.2, 0) is 22.6 Å². The van der Waals surface area contributed by atoms with Crippen molar-refractivity contribution in [2.45, 2.75) is 26.4 Å². The number of morpholine rings is 1. The monoisotopic (exact) mass is 394 g/mol. The van der Waals surface area contributed by atoms with Crippen LogP contribution in [-0.4, -0.2) is 43.7 Å². The Balaban J connectivity index is 1.42. The largest absolute Gasteiger partial charge is 0.494 e. The van der Waals surface area contributed by atoms with Gasteiger partial charge >= 0.3 is 0 Å². The molecule has 1 heterocycles. The van der Waals surface area contributed by atoms with Gasteiger partial charge < -0.3 is 14.8 Å². The zero-order valence-electron chi connectivity index (χ0n) is 17.1. The maximum atomic E-state index is 12.1. The van der Waals surface area contributed by atoms with Crippen molar-refractivity contribution < 1.29 is 14.3 Å². The third-order valence-electron chi connectivity index (χ3n) is 4.78. The number of hydrogen-bond donors (Lipinski definition) is 1. The number of ether oxygens (including phenoxy) is 2. The lowest BCUT2D eigenvalue weighted by Gasteiger charge is -2.26. The predicted octanol–water partition coefficient (Wildman–Crippen LogP) is 3.64. The number of nitrogens with zero attached hydrogens (tertiary/aromatic N) is 1. The van der Waals surface area contributed by atoms with E-state index in [0.29, 0.717) is 13.2 Å². The molecule has 1 N–H and O–H groups in total. The van der Waals surface area contributed by atoms with Gasteiger partial charge in [0.05, 0.1) is 19.8 Å². The van der Waals surface area contributed by atoms with Crippen molar-refractivity contribution in [3.8, 4) is 5.75 Å². The molecule has 1 amide bonds. The molecule has 29 heavy (non-hydrogen) atoms. The number of rotatable bonds is 9. The van der Waals surface area contributed by atoms with E-state index in [1.165, 1.54) is 5.56 Å². The summed E-state index contributed by atoms with van der Waals surface area (Å²) in [5.74, 6) is 0.749. The highest BCUT2D eigenvalue weighted by Crippen LogP contribution is 2.13. The molecule has 0 spiro atoms. The Labute approximate surface area is 173 Å². The highest BCUT2D eigenvalue weighted by molar-refractivity contribution is 5.91. The van der Waals surface area contributed by atoms with Gasteiger partial charge in [0.25, 0.3) is 0 Å². The van der Waals surface area contributed by atoms with E-state index >= 15 is 0 Å². The molecule has 1 saturated heterocycles. The van der Waals surface area contributed by atoms with E-state index < -0.39 is 0 Å². The second-order valence-corrected chi connectivity index (χ2v) is 7.17. The Hall–Kier alpha value is -2.63. The normalized spacial score (nSPS) is 14.8. The van der Waals surface area contributed by atoms with Crippen molar-refractivity contribution in [1.29, 1.82) is 0 Å². The summed E-state index contributed by atoms with van der Waals surface area (Å²) in [6.45, 7) is 7.85. The van der Waals surface area contributed by atoms with Crippen LogP contribution in [0.25, 0.3) is 6.08 Å². The molecule has 0 radical (unpaired) electrons. The molecule has 0 saturated carbocycles. The van der Waals surface area contributed by atoms with Gasteiger partial charge in [-0.15, -0.1) is 0 Å². The van der Waals surface area contributed by atoms with Crippen LogP contribution in [0, 0.1) is 0 Å². The molecule has 3 rings (SSSR count). The second kappa shape index (κ2) is 11.4. The topological polar surface area (TPSA) is 50.8 Å². The molecule has 2 aromatic carbocycles. The van der Waals surface area contributed by atoms with Crippen LogP contribution in [0.5, 0.6) is 5.75 Å². The fourth-order valence-electron chi connectivity index (χ4n) is 3.10. The van der Waals surface area contributed by atoms with Crippen molar-refractivity contribution in [2.24, 2.45) is 0 Å². The Morgan fingerprint density at radius 2 is 1.76 bits per heavy atom. The molecule has 1 fully saturated rings. The van der Waals surface area contributed by atoms with Gasteiger partial charge in [0.15, 0.2) is 0 Å². The summed E-state index contributed by atoms with van der Waals surface area (Å²) in [6.07, 6.45) is 4.36. The molecule has 0 atom stereocenters. The molecular weight excluding hydrogens is 364 g/mol. The number of amides is 1. The van der Waals surface area contributed by atoms with E-state index in [-0.39, 0.29) is 5.91 Å². The van der Waals surface area contributed by atoms with E-state index in [2.05, 4.69) is 41.4 Å². The van der Waals surface area contributed by atoms with Crippen LogP contribution in [0.2, 0.25) is 0 Å². The molecule has 2 aromatic rings. The highest BCUT2D eigenvalue weighted by Gasteiger charge is 2.10. The average molecular weight is 395 g/mol. The SMILES string of the molecule is CCCOc1ccc(C=CC(=O)NCc2ccc(CN3CCOCC3)cc2)cc1. The molecule has 154 valence electrons. The number of carbonyl (C=O) groups excluding carboxylic acids is 1. The highest BCUT2D eigenvalue weighted by atomic mass is 16.5. The smallest absolute Gasteiger partial charge is 0.244 e. The van der Waals surface area contributed by atoms with E-state index in [9.17, 15) is 4.79 Å². The molecule has 1 aliphatic rings. The van der Waals surface area contributed by atoms with Crippen LogP contribution >= 0.6 is 0 Å². The fraction of sp³-hybridized carbons (Fsp3) is 0.375. The van der Waals surface area contributed by atoms with Crippen molar-refractivity contribution in [1.82, 2.24) is 10.2 Å². The molecular formula is C24H30N2O3. The Kier molecular flexibility index (Phi) is 8.28. The predicted molar refractivity (Wildman–Crippen MR) is 116 cm³/mol. The van der Waals surface area contributed by atoms with Crippen LogP contribution < -0.4 is 10.1 Å². The zero-order chi connectivity index (χ0) is 20.3. The Bertz CT molecular complexity index is 779. The van der Waals surface area contributed by atoms with Crippen molar-refractivity contribution in [3.63, 3.8) is 0 Å². The van der Waals surface area contributed by atoms with Crippen molar-refractivity contribution >= 4 is 12.0 Å². The first kappa shape index (κ1) is 21.1. The van der Waals surface area contributed by atoms with Crippen LogP contribution in [0.15, 0.2) is 54.6 Å². The average Bonchev–Trinajstić information content (AvgIpc) is 2.77. The van der Waals surface area contributed by atoms with E-state index in [1.807, 2.05) is 30.3 Å². The number of benzene rings is 2. The number of hydrogen-bond acceptors (Lipinski definition) is 4. The van der Waals surface area contributed by atoms with Crippen molar-refractivity contribution in [3.05, 3.63) is 71.3 Å². The lowest BCUT2D eigenvalue weighted by Crippen LogP contribution is -2.35. The Morgan fingerprint density at radius 3 is 2.45 bits per heavy atom. The molecule has 0 aliphatic carbocycles. The summed E-state index contributed by atoms with van der Waals surface area (Å²) >= 11 is 0. The molecule has 0 aromatic heterocycles. The first-order valence-corrected chi connectivity index (χ1v) is 10.3. The lowest BCUT2D eigenvalue weighted by atomic mass is 10.1. The van der Waals surface area contributed by atoms with Gasteiger partial charge in [-0.25, -0.2) is 0 Å². The van der Waals surface area contributed by atoms with E-state index in [4.69, 9.17) is 9.47 Å². The summed E-state index contributed by atoms with van der Waals surface area (Å²) < 4.78 is 10.9. The summed E-state index contributed by atoms with van der Waals surface area (Å²) in [5.41, 5.74) is 3.35. The minimum Gasteiger partial charge on any atom is -0.494 e. The quantitative estimate of drug-likeness (QED) is 0.660. The van der Waals surface area contributed by atoms with Gasteiger partial charge in [0.2, 0.25) is 5.91 Å². The molecule has 5 heteroatoms. The third kappa shape index (κ3) is 7.37. The van der Waals surface area contributed by atoms with E-state index in [1.54, 1.807) is 6.08 Å². The van der Waals surface area contributed by atoms with Gasteiger partial charge in [0.1, 0.15) is 5.75 Å². The van der Waals surface area contributed by atoms with Crippen LogP contribution in [0.1, 0.15) is 30.0 Å². The number of nitrogens with one attached hydrogen (secondary N) is 1. The first-order chi connectivity index (χ1) is 14.2. The van der Waals surface area contributed by atoms with Crippen LogP contribution in [0.3, 0.4) is 0 Å². The van der Waals surface area contributed by atoms with Gasteiger partial charge in [-0.1, -0.05) is 43.3 Å². The number of carbonyl (C=O) groups is 1. The summed E-state index contributed by atoms with van der Waals surface area (Å²) in [6, 6.07) is 16.2. The van der Waals surface area contributed by atoms with Gasteiger partial charge in [0, 0.05) is 32.3 Å². The van der Waals surface area contributed by atoms with Crippen molar-refractivity contribution in [2.75, 3.05) is 32.9 Å². The second-order valence-electron chi connectivity index (χ2n) is 7.17. The molecule has 0 bridgehead atoms. The molecule has 0 unspecified atom stereocenters. The zero-order valence-corrected chi connectivity index (χ0v) is 17.1. The van der Waals surface area contributed by atoms with E-state index in [0.717, 1.165) is 56.1 Å². The summed E-state index contributed by atoms with van der Waals surface area (Å²) in [7, 11) is 0. The Morgan fingerprint density at radius 1 is 1.07 bits per heavy atom. The lowest BCUT2D eigenvalue weighted by molar-refractivity contribution is -0.116. The maximum Gasteiger partial charge on any atom is 0.244 e. The third-order valence-corrected chi connectivity index (χ3v) is 4.78. The standard InChI is InChI=1S/C24H30N2O3/c1-2-15-29-23-10-7-20(8-11-23)9-12-24(27)25-18-21-3-5-22(6-4-21)19-26-13-16-28-17-14-26/h3-12H,2,13-19H2,1H3,(H,25,27). The minimum absolute atomic E-state index is 0.103. The maximum absolute atomic E-state index is 12.1.